The predicted octanol–water partition coefficient (Wildman–Crippen LogP) is 0.506. The van der Waals surface area contributed by atoms with E-state index in [0.717, 1.165) is 11.4 Å². The van der Waals surface area contributed by atoms with Gasteiger partial charge in [0.15, 0.2) is 5.82 Å². The number of aromatic amines is 1. The molecule has 0 aromatic carbocycles. The van der Waals surface area contributed by atoms with Gasteiger partial charge in [-0.15, -0.1) is 0 Å². The van der Waals surface area contributed by atoms with Crippen molar-refractivity contribution in [2.75, 3.05) is 0 Å². The number of pyridine rings is 1. The first-order chi connectivity index (χ1) is 8.42. The van der Waals surface area contributed by atoms with Gasteiger partial charge in [0, 0.05) is 18.0 Å². The third-order valence-corrected chi connectivity index (χ3v) is 2.25. The van der Waals surface area contributed by atoms with Crippen LogP contribution in [-0.4, -0.2) is 34.9 Å². The smallest absolute Gasteiger partial charge is 0.181 e. The van der Waals surface area contributed by atoms with Gasteiger partial charge in [0.25, 0.3) is 0 Å². The Morgan fingerprint density at radius 3 is 2.82 bits per heavy atom. The number of rotatable bonds is 3. The number of aromatic nitrogens is 7. The summed E-state index contributed by atoms with van der Waals surface area (Å²) < 4.78 is 1.68. The lowest BCUT2D eigenvalue weighted by Gasteiger charge is -1.94. The summed E-state index contributed by atoms with van der Waals surface area (Å²) in [7, 11) is 0. The van der Waals surface area contributed by atoms with Gasteiger partial charge in [-0.1, -0.05) is 0 Å². The highest BCUT2D eigenvalue weighted by atomic mass is 15.3. The number of hydrogen-bond donors (Lipinski definition) is 1. The van der Waals surface area contributed by atoms with Crippen molar-refractivity contribution in [1.82, 2.24) is 34.9 Å². The Bertz CT molecular complexity index is 584. The molecule has 3 rings (SSSR count). The Labute approximate surface area is 96.6 Å². The van der Waals surface area contributed by atoms with Crippen LogP contribution in [0.25, 0.3) is 11.4 Å². The van der Waals surface area contributed by atoms with Crippen molar-refractivity contribution >= 4 is 0 Å². The third kappa shape index (κ3) is 2.03. The molecule has 0 saturated heterocycles. The van der Waals surface area contributed by atoms with E-state index in [2.05, 4.69) is 30.2 Å². The lowest BCUT2D eigenvalue weighted by Crippen LogP contribution is -2.01. The molecule has 0 bridgehead atoms. The molecule has 7 nitrogen and oxygen atoms in total. The lowest BCUT2D eigenvalue weighted by atomic mass is 10.2. The van der Waals surface area contributed by atoms with Gasteiger partial charge in [-0.25, -0.2) is 14.6 Å². The monoisotopic (exact) mass is 227 g/mol. The molecule has 0 aliphatic heterocycles. The molecule has 0 radical (unpaired) electrons. The third-order valence-electron chi connectivity index (χ3n) is 2.25. The molecule has 3 aromatic heterocycles. The lowest BCUT2D eigenvalue weighted by molar-refractivity contribution is 0.656. The first-order valence-corrected chi connectivity index (χ1v) is 5.06. The van der Waals surface area contributed by atoms with Gasteiger partial charge in [-0.2, -0.15) is 10.2 Å². The van der Waals surface area contributed by atoms with Crippen molar-refractivity contribution in [1.29, 1.82) is 0 Å². The van der Waals surface area contributed by atoms with E-state index in [1.165, 1.54) is 6.33 Å². The second-order valence-corrected chi connectivity index (χ2v) is 3.43. The Balaban J connectivity index is 1.84. The Morgan fingerprint density at radius 1 is 1.18 bits per heavy atom. The highest BCUT2D eigenvalue weighted by molar-refractivity contribution is 5.52. The molecule has 0 spiro atoms. The number of hydrogen-bond acceptors (Lipinski definition) is 5. The first-order valence-electron chi connectivity index (χ1n) is 5.06. The Hall–Kier alpha value is -2.57. The summed E-state index contributed by atoms with van der Waals surface area (Å²) in [6.07, 6.45) is 6.54. The van der Waals surface area contributed by atoms with E-state index in [1.807, 2.05) is 12.1 Å². The molecular weight excluding hydrogens is 218 g/mol. The fourth-order valence-electron chi connectivity index (χ4n) is 1.46. The van der Waals surface area contributed by atoms with Crippen LogP contribution in [0.1, 0.15) is 5.82 Å². The van der Waals surface area contributed by atoms with Crippen LogP contribution >= 0.6 is 0 Å². The van der Waals surface area contributed by atoms with Crippen molar-refractivity contribution in [2.45, 2.75) is 6.54 Å². The SMILES string of the molecule is c1cc(-c2n[nH]c(Cn3cncn3)n2)ccn1. The molecule has 3 heterocycles. The predicted molar refractivity (Wildman–Crippen MR) is 58.7 cm³/mol. The maximum atomic E-state index is 4.37. The average molecular weight is 227 g/mol. The summed E-state index contributed by atoms with van der Waals surface area (Å²) in [5.74, 6) is 1.39. The van der Waals surface area contributed by atoms with E-state index in [1.54, 1.807) is 23.4 Å². The zero-order valence-corrected chi connectivity index (χ0v) is 8.85. The molecule has 17 heavy (non-hydrogen) atoms. The van der Waals surface area contributed by atoms with Crippen molar-refractivity contribution in [3.63, 3.8) is 0 Å². The average Bonchev–Trinajstić information content (AvgIpc) is 3.02. The summed E-state index contributed by atoms with van der Waals surface area (Å²) in [6.45, 7) is 0.526. The summed E-state index contributed by atoms with van der Waals surface area (Å²) in [5, 5.41) is 11.0. The van der Waals surface area contributed by atoms with Gasteiger partial charge in [-0.05, 0) is 12.1 Å². The van der Waals surface area contributed by atoms with Crippen LogP contribution in [0.15, 0.2) is 37.2 Å². The maximum absolute atomic E-state index is 4.37. The second-order valence-electron chi connectivity index (χ2n) is 3.43. The van der Waals surface area contributed by atoms with E-state index in [9.17, 15) is 0 Å². The molecule has 0 amide bonds. The zero-order valence-electron chi connectivity index (χ0n) is 8.85. The van der Waals surface area contributed by atoms with E-state index >= 15 is 0 Å². The highest BCUT2D eigenvalue weighted by Gasteiger charge is 2.05. The Morgan fingerprint density at radius 2 is 2.06 bits per heavy atom. The van der Waals surface area contributed by atoms with Crippen LogP contribution in [0.2, 0.25) is 0 Å². The van der Waals surface area contributed by atoms with Crippen molar-refractivity contribution in [3.8, 4) is 11.4 Å². The van der Waals surface area contributed by atoms with Crippen LogP contribution in [0.5, 0.6) is 0 Å². The first kappa shape index (κ1) is 9.64. The van der Waals surface area contributed by atoms with Crippen LogP contribution in [-0.2, 0) is 6.54 Å². The molecule has 84 valence electrons. The van der Waals surface area contributed by atoms with Crippen molar-refractivity contribution in [3.05, 3.63) is 43.0 Å². The molecule has 0 atom stereocenters. The molecule has 3 aromatic rings. The van der Waals surface area contributed by atoms with Crippen molar-refractivity contribution < 1.29 is 0 Å². The molecule has 0 aliphatic carbocycles. The summed E-state index contributed by atoms with van der Waals surface area (Å²) in [4.78, 5) is 12.2. The van der Waals surface area contributed by atoms with Gasteiger partial charge < -0.3 is 0 Å². The largest absolute Gasteiger partial charge is 0.265 e. The summed E-state index contributed by atoms with van der Waals surface area (Å²) >= 11 is 0. The van der Waals surface area contributed by atoms with E-state index in [-0.39, 0.29) is 0 Å². The highest BCUT2D eigenvalue weighted by Crippen LogP contribution is 2.12. The summed E-state index contributed by atoms with van der Waals surface area (Å²) in [6, 6.07) is 3.73. The Kier molecular flexibility index (Phi) is 2.34. The fourth-order valence-corrected chi connectivity index (χ4v) is 1.46. The maximum Gasteiger partial charge on any atom is 0.181 e. The molecule has 0 fully saturated rings. The minimum atomic E-state index is 0.526. The molecule has 1 N–H and O–H groups in total. The van der Waals surface area contributed by atoms with Gasteiger partial charge >= 0.3 is 0 Å². The topological polar surface area (TPSA) is 85.2 Å². The van der Waals surface area contributed by atoms with Gasteiger partial charge in [0.05, 0.1) is 0 Å². The molecule has 0 aliphatic rings. The number of nitrogens with zero attached hydrogens (tertiary/aromatic N) is 6. The molecule has 7 heteroatoms. The molecule has 0 saturated carbocycles. The van der Waals surface area contributed by atoms with Crippen LogP contribution in [0.4, 0.5) is 0 Å². The number of nitrogens with one attached hydrogen (secondary N) is 1. The van der Waals surface area contributed by atoms with Gasteiger partial charge in [-0.3, -0.25) is 10.1 Å². The minimum Gasteiger partial charge on any atom is -0.265 e. The fraction of sp³-hybridized carbons (Fsp3) is 0.100. The zero-order chi connectivity index (χ0) is 11.5. The van der Waals surface area contributed by atoms with Crippen LogP contribution in [0, 0.1) is 0 Å². The van der Waals surface area contributed by atoms with E-state index < -0.39 is 0 Å². The number of H-pyrrole nitrogens is 1. The summed E-state index contributed by atoms with van der Waals surface area (Å²) in [5.41, 5.74) is 0.932. The van der Waals surface area contributed by atoms with Gasteiger partial charge in [0.1, 0.15) is 25.0 Å². The second kappa shape index (κ2) is 4.12. The van der Waals surface area contributed by atoms with Crippen LogP contribution in [0.3, 0.4) is 0 Å². The van der Waals surface area contributed by atoms with E-state index in [4.69, 9.17) is 0 Å². The minimum absolute atomic E-state index is 0.526. The molecule has 0 unspecified atom stereocenters. The van der Waals surface area contributed by atoms with Crippen molar-refractivity contribution in [2.24, 2.45) is 0 Å². The molecular formula is C10H9N7. The van der Waals surface area contributed by atoms with E-state index in [0.29, 0.717) is 12.4 Å². The normalized spacial score (nSPS) is 10.6. The van der Waals surface area contributed by atoms with Crippen LogP contribution < -0.4 is 0 Å². The standard InChI is InChI=1S/C10H9N7/c1-3-11-4-2-8(1)10-14-9(15-16-10)5-17-7-12-6-13-17/h1-4,6-7H,5H2,(H,14,15,16). The quantitative estimate of drug-likeness (QED) is 0.704. The van der Waals surface area contributed by atoms with Gasteiger partial charge in [0.2, 0.25) is 0 Å².